The molecule has 1 amide bonds. The first-order chi connectivity index (χ1) is 11.8. The maximum atomic E-state index is 12.1. The van der Waals surface area contributed by atoms with Crippen molar-refractivity contribution in [1.29, 1.82) is 0 Å². The number of aliphatic imine (C=N–C) groups is 1. The Morgan fingerprint density at radius 2 is 2.08 bits per heavy atom. The quantitative estimate of drug-likeness (QED) is 0.243. The van der Waals surface area contributed by atoms with Crippen LogP contribution in [0.4, 0.5) is 0 Å². The van der Waals surface area contributed by atoms with E-state index in [-0.39, 0.29) is 29.9 Å². The number of nitrogens with zero attached hydrogens (tertiary/aromatic N) is 2. The van der Waals surface area contributed by atoms with Crippen LogP contribution >= 0.6 is 24.0 Å². The molecular weight excluding hydrogens is 435 g/mol. The first-order valence-electron chi connectivity index (χ1n) is 9.17. The highest BCUT2D eigenvalue weighted by atomic mass is 127. The van der Waals surface area contributed by atoms with Crippen molar-refractivity contribution in [3.8, 4) is 0 Å². The first kappa shape index (κ1) is 22.4. The van der Waals surface area contributed by atoms with E-state index < -0.39 is 0 Å². The summed E-state index contributed by atoms with van der Waals surface area (Å²) >= 11 is 0. The van der Waals surface area contributed by atoms with E-state index in [0.717, 1.165) is 71.7 Å². The first-order valence-corrected chi connectivity index (χ1v) is 9.17. The highest BCUT2D eigenvalue weighted by Gasteiger charge is 2.16. The van der Waals surface area contributed by atoms with Crippen LogP contribution in [-0.2, 0) is 14.3 Å². The molecule has 2 saturated heterocycles. The van der Waals surface area contributed by atoms with E-state index in [4.69, 9.17) is 9.47 Å². The molecule has 2 N–H and O–H groups in total. The normalized spacial score (nSPS) is 20.9. The number of hydrogen-bond acceptors (Lipinski definition) is 4. The largest absolute Gasteiger partial charge is 0.381 e. The molecule has 7 nitrogen and oxygen atoms in total. The molecule has 0 spiro atoms. The highest BCUT2D eigenvalue weighted by molar-refractivity contribution is 14.0. The van der Waals surface area contributed by atoms with Crippen molar-refractivity contribution in [2.75, 3.05) is 59.7 Å². The predicted octanol–water partition coefficient (Wildman–Crippen LogP) is 1.23. The average molecular weight is 468 g/mol. The van der Waals surface area contributed by atoms with Crippen molar-refractivity contribution < 1.29 is 14.3 Å². The summed E-state index contributed by atoms with van der Waals surface area (Å²) in [6.45, 7) is 6.07. The maximum Gasteiger partial charge on any atom is 0.241 e. The van der Waals surface area contributed by atoms with Gasteiger partial charge in [-0.2, -0.15) is 0 Å². The van der Waals surface area contributed by atoms with Gasteiger partial charge in [0, 0.05) is 45.8 Å². The Kier molecular flexibility index (Phi) is 12.2. The average Bonchev–Trinajstić information content (AvgIpc) is 3.14. The monoisotopic (exact) mass is 468 g/mol. The second-order valence-electron chi connectivity index (χ2n) is 6.45. The van der Waals surface area contributed by atoms with Gasteiger partial charge in [0.25, 0.3) is 0 Å². The minimum atomic E-state index is 0. The number of likely N-dealkylation sites (tertiary alicyclic amines) is 1. The minimum absolute atomic E-state index is 0. The second kappa shape index (κ2) is 13.6. The van der Waals surface area contributed by atoms with E-state index >= 15 is 0 Å². The van der Waals surface area contributed by atoms with E-state index in [2.05, 4.69) is 15.6 Å². The Morgan fingerprint density at radius 3 is 2.76 bits per heavy atom. The van der Waals surface area contributed by atoms with Gasteiger partial charge in [0.1, 0.15) is 0 Å². The molecule has 1 atom stereocenters. The number of ether oxygens (including phenoxy) is 2. The second-order valence-corrected chi connectivity index (χ2v) is 6.45. The van der Waals surface area contributed by atoms with Crippen molar-refractivity contribution in [2.24, 2.45) is 10.9 Å². The molecule has 0 aromatic carbocycles. The van der Waals surface area contributed by atoms with Gasteiger partial charge in [-0.05, 0) is 32.1 Å². The SMILES string of the molecule is CN=C(NCCCOCC1CCOC1)NCC(=O)N1CCCCC1.I. The Hall–Kier alpha value is -0.610. The van der Waals surface area contributed by atoms with Crippen molar-refractivity contribution in [3.05, 3.63) is 0 Å². The van der Waals surface area contributed by atoms with E-state index in [1.54, 1.807) is 7.05 Å². The van der Waals surface area contributed by atoms with E-state index in [0.29, 0.717) is 18.4 Å². The molecule has 0 bridgehead atoms. The van der Waals surface area contributed by atoms with E-state index in [1.807, 2.05) is 4.90 Å². The number of amides is 1. The van der Waals surface area contributed by atoms with Gasteiger partial charge in [0.05, 0.1) is 19.8 Å². The molecule has 2 fully saturated rings. The van der Waals surface area contributed by atoms with Gasteiger partial charge < -0.3 is 25.0 Å². The molecule has 0 radical (unpaired) electrons. The summed E-state index contributed by atoms with van der Waals surface area (Å²) in [5, 5.41) is 6.31. The molecule has 2 aliphatic heterocycles. The number of carbonyl (C=O) groups is 1. The summed E-state index contributed by atoms with van der Waals surface area (Å²) in [6.07, 6.45) is 5.49. The van der Waals surface area contributed by atoms with Crippen molar-refractivity contribution >= 4 is 35.8 Å². The Labute approximate surface area is 168 Å². The van der Waals surface area contributed by atoms with Gasteiger partial charge in [-0.1, -0.05) is 0 Å². The summed E-state index contributed by atoms with van der Waals surface area (Å²) in [6, 6.07) is 0. The smallest absolute Gasteiger partial charge is 0.241 e. The molecule has 2 heterocycles. The van der Waals surface area contributed by atoms with Crippen LogP contribution in [0.2, 0.25) is 0 Å². The number of piperidine rings is 1. The van der Waals surface area contributed by atoms with Gasteiger partial charge in [0.2, 0.25) is 5.91 Å². The zero-order valence-electron chi connectivity index (χ0n) is 15.3. The lowest BCUT2D eigenvalue weighted by atomic mass is 10.1. The third-order valence-electron chi connectivity index (χ3n) is 4.47. The summed E-state index contributed by atoms with van der Waals surface area (Å²) in [4.78, 5) is 18.2. The van der Waals surface area contributed by atoms with Crippen LogP contribution in [0.3, 0.4) is 0 Å². The van der Waals surface area contributed by atoms with Gasteiger partial charge >= 0.3 is 0 Å². The van der Waals surface area contributed by atoms with Crippen molar-refractivity contribution in [3.63, 3.8) is 0 Å². The molecule has 0 aromatic rings. The lowest BCUT2D eigenvalue weighted by molar-refractivity contribution is -0.130. The highest BCUT2D eigenvalue weighted by Crippen LogP contribution is 2.12. The molecule has 2 aliphatic rings. The molecule has 1 unspecified atom stereocenters. The standard InChI is InChI=1S/C17H32N4O3.HI/c1-18-17(20-12-16(22)21-8-3-2-4-9-21)19-7-5-10-23-13-15-6-11-24-14-15;/h15H,2-14H2,1H3,(H2,18,19,20);1H. The molecule has 146 valence electrons. The summed E-state index contributed by atoms with van der Waals surface area (Å²) < 4.78 is 11.0. The molecule has 0 aromatic heterocycles. The number of carbonyl (C=O) groups excluding carboxylic acids is 1. The molecular formula is C17H33IN4O3. The van der Waals surface area contributed by atoms with Crippen LogP contribution in [0.5, 0.6) is 0 Å². The van der Waals surface area contributed by atoms with E-state index in [9.17, 15) is 4.79 Å². The molecule has 2 rings (SSSR count). The van der Waals surface area contributed by atoms with Crippen molar-refractivity contribution in [2.45, 2.75) is 32.1 Å². The third-order valence-corrected chi connectivity index (χ3v) is 4.47. The molecule has 0 aliphatic carbocycles. The van der Waals surface area contributed by atoms with Gasteiger partial charge in [-0.15, -0.1) is 24.0 Å². The lowest BCUT2D eigenvalue weighted by Gasteiger charge is -2.27. The lowest BCUT2D eigenvalue weighted by Crippen LogP contribution is -2.46. The Morgan fingerprint density at radius 1 is 1.28 bits per heavy atom. The summed E-state index contributed by atoms with van der Waals surface area (Å²) in [5.74, 6) is 1.39. The fourth-order valence-corrected chi connectivity index (χ4v) is 2.98. The van der Waals surface area contributed by atoms with Crippen LogP contribution < -0.4 is 10.6 Å². The maximum absolute atomic E-state index is 12.1. The van der Waals surface area contributed by atoms with Crippen LogP contribution in [0.25, 0.3) is 0 Å². The van der Waals surface area contributed by atoms with E-state index in [1.165, 1.54) is 6.42 Å². The number of guanidine groups is 1. The molecule has 0 saturated carbocycles. The van der Waals surface area contributed by atoms with Crippen molar-refractivity contribution in [1.82, 2.24) is 15.5 Å². The van der Waals surface area contributed by atoms with Gasteiger partial charge in [-0.3, -0.25) is 9.79 Å². The fourth-order valence-electron chi connectivity index (χ4n) is 2.98. The van der Waals surface area contributed by atoms with Gasteiger partial charge in [-0.25, -0.2) is 0 Å². The van der Waals surface area contributed by atoms with Crippen LogP contribution in [0, 0.1) is 5.92 Å². The number of nitrogens with one attached hydrogen (secondary N) is 2. The van der Waals surface area contributed by atoms with Crippen LogP contribution in [0.15, 0.2) is 4.99 Å². The molecule has 25 heavy (non-hydrogen) atoms. The van der Waals surface area contributed by atoms with Crippen LogP contribution in [0.1, 0.15) is 32.1 Å². The topological polar surface area (TPSA) is 75.2 Å². The number of rotatable bonds is 8. The van der Waals surface area contributed by atoms with Crippen LogP contribution in [-0.4, -0.2) is 76.4 Å². The Bertz CT molecular complexity index is 397. The summed E-state index contributed by atoms with van der Waals surface area (Å²) in [5.41, 5.74) is 0. The predicted molar refractivity (Wildman–Crippen MR) is 110 cm³/mol. The Balaban J connectivity index is 0.00000312. The zero-order valence-corrected chi connectivity index (χ0v) is 17.6. The number of hydrogen-bond donors (Lipinski definition) is 2. The summed E-state index contributed by atoms with van der Waals surface area (Å²) in [7, 11) is 1.72. The van der Waals surface area contributed by atoms with Gasteiger partial charge in [0.15, 0.2) is 5.96 Å². The molecule has 8 heteroatoms. The minimum Gasteiger partial charge on any atom is -0.381 e. The zero-order chi connectivity index (χ0) is 17.0. The number of halogens is 1. The third kappa shape index (κ3) is 9.05. The fraction of sp³-hybridized carbons (Fsp3) is 0.882.